The van der Waals surface area contributed by atoms with Crippen molar-refractivity contribution in [3.05, 3.63) is 23.8 Å². The van der Waals surface area contributed by atoms with E-state index in [2.05, 4.69) is 10.0 Å². The lowest BCUT2D eigenvalue weighted by Gasteiger charge is -2.38. The van der Waals surface area contributed by atoms with Crippen LogP contribution in [0.25, 0.3) is 0 Å². The molecule has 174 valence electrons. The van der Waals surface area contributed by atoms with Crippen molar-refractivity contribution < 1.29 is 27.5 Å². The fourth-order valence-corrected chi connectivity index (χ4v) is 4.16. The largest absolute Gasteiger partial charge is 0.479 e. The lowest BCUT2D eigenvalue weighted by atomic mass is 9.81. The van der Waals surface area contributed by atoms with Crippen molar-refractivity contribution in [2.45, 2.75) is 77.2 Å². The highest BCUT2D eigenvalue weighted by molar-refractivity contribution is 7.88. The second-order valence-electron chi connectivity index (χ2n) is 8.92. The van der Waals surface area contributed by atoms with Crippen LogP contribution in [0.5, 0.6) is 5.75 Å². The number of nitrogens with two attached hydrogens (primary N) is 1. The Hall–Kier alpha value is -2.17. The Kier molecular flexibility index (Phi) is 7.39. The fourth-order valence-electron chi connectivity index (χ4n) is 3.34. The van der Waals surface area contributed by atoms with Crippen molar-refractivity contribution in [1.82, 2.24) is 4.72 Å². The van der Waals surface area contributed by atoms with Gasteiger partial charge in [-0.15, -0.1) is 0 Å². The Morgan fingerprint density at radius 1 is 1.35 bits per heavy atom. The van der Waals surface area contributed by atoms with Crippen molar-refractivity contribution in [3.63, 3.8) is 0 Å². The van der Waals surface area contributed by atoms with Crippen LogP contribution in [0.1, 0.15) is 59.4 Å². The van der Waals surface area contributed by atoms with Gasteiger partial charge in [-0.05, 0) is 51.8 Å². The Morgan fingerprint density at radius 3 is 2.55 bits per heavy atom. The zero-order valence-electron chi connectivity index (χ0n) is 18.9. The molecule has 0 radical (unpaired) electrons. The number of ether oxygens (including phenoxy) is 2. The summed E-state index contributed by atoms with van der Waals surface area (Å²) in [4.78, 5) is 25.4. The van der Waals surface area contributed by atoms with E-state index in [9.17, 15) is 18.0 Å². The van der Waals surface area contributed by atoms with E-state index >= 15 is 0 Å². The number of carbonyl (C=O) groups excluding carboxylic acids is 2. The van der Waals surface area contributed by atoms with E-state index in [-0.39, 0.29) is 5.91 Å². The van der Waals surface area contributed by atoms with Crippen molar-refractivity contribution in [3.8, 4) is 5.75 Å². The van der Waals surface area contributed by atoms with Gasteiger partial charge in [0.25, 0.3) is 5.91 Å². The summed E-state index contributed by atoms with van der Waals surface area (Å²) < 4.78 is 37.9. The van der Waals surface area contributed by atoms with Crippen molar-refractivity contribution in [1.29, 1.82) is 0 Å². The molecule has 0 aromatic heterocycles. The molecule has 2 rings (SSSR count). The van der Waals surface area contributed by atoms with E-state index in [4.69, 9.17) is 15.2 Å². The van der Waals surface area contributed by atoms with Crippen LogP contribution >= 0.6 is 0 Å². The van der Waals surface area contributed by atoms with Crippen LogP contribution in [0.2, 0.25) is 0 Å². The molecule has 10 heteroatoms. The van der Waals surface area contributed by atoms with Gasteiger partial charge in [-0.2, -0.15) is 0 Å². The summed E-state index contributed by atoms with van der Waals surface area (Å²) in [6.45, 7) is 8.70. The number of anilines is 1. The lowest BCUT2D eigenvalue weighted by Crippen LogP contribution is -2.62. The summed E-state index contributed by atoms with van der Waals surface area (Å²) >= 11 is 0. The van der Waals surface area contributed by atoms with Crippen molar-refractivity contribution in [2.75, 3.05) is 11.6 Å². The minimum absolute atomic E-state index is 0.302. The first-order valence-corrected chi connectivity index (χ1v) is 12.2. The average molecular weight is 456 g/mol. The predicted octanol–water partition coefficient (Wildman–Crippen LogP) is 2.01. The predicted molar refractivity (Wildman–Crippen MR) is 118 cm³/mol. The number of rotatable bonds is 8. The van der Waals surface area contributed by atoms with Crippen LogP contribution in [0, 0.1) is 0 Å². The number of unbranched alkanes of at least 4 members (excludes halogenated alkanes) is 1. The average Bonchev–Trinajstić information content (AvgIpc) is 2.62. The highest BCUT2D eigenvalue weighted by Crippen LogP contribution is 2.36. The van der Waals surface area contributed by atoms with Crippen LogP contribution in [0.15, 0.2) is 18.2 Å². The molecule has 0 fully saturated rings. The molecule has 1 aliphatic rings. The Bertz CT molecular complexity index is 941. The van der Waals surface area contributed by atoms with Crippen LogP contribution < -0.4 is 20.5 Å². The van der Waals surface area contributed by atoms with Gasteiger partial charge < -0.3 is 20.5 Å². The van der Waals surface area contributed by atoms with Crippen molar-refractivity contribution in [2.24, 2.45) is 5.73 Å². The molecular weight excluding hydrogens is 422 g/mol. The molecule has 9 nitrogen and oxygen atoms in total. The molecule has 0 saturated carbocycles. The fraction of sp³-hybridized carbons (Fsp3) is 0.619. The first-order valence-electron chi connectivity index (χ1n) is 10.3. The number of esters is 1. The van der Waals surface area contributed by atoms with E-state index in [0.717, 1.165) is 12.7 Å². The number of carbonyl (C=O) groups is 2. The molecule has 0 aliphatic carbocycles. The van der Waals surface area contributed by atoms with Gasteiger partial charge in [0, 0.05) is 0 Å². The SMILES string of the molecule is CCCCC(NS(C)(=O)=O)C(N)(C(=O)OC(C)(C)C)c1ccc2c(c1)NC(=O)C(C)O2. The molecule has 0 saturated heterocycles. The molecule has 0 spiro atoms. The van der Waals surface area contributed by atoms with E-state index in [0.29, 0.717) is 29.8 Å². The van der Waals surface area contributed by atoms with Gasteiger partial charge in [-0.3, -0.25) is 4.79 Å². The maximum absolute atomic E-state index is 13.4. The monoisotopic (exact) mass is 455 g/mol. The molecule has 3 atom stereocenters. The standard InChI is InChI=1S/C21H33N3O6S/c1-7-8-9-17(24-31(6,27)28)21(22,19(26)30-20(3,4)5)14-10-11-16-15(12-14)23-18(25)13(2)29-16/h10-13,17,24H,7-9,22H2,1-6H3,(H,23,25). The highest BCUT2D eigenvalue weighted by atomic mass is 32.2. The zero-order valence-corrected chi connectivity index (χ0v) is 19.8. The third-order valence-corrected chi connectivity index (χ3v) is 5.59. The third-order valence-electron chi connectivity index (χ3n) is 4.88. The summed E-state index contributed by atoms with van der Waals surface area (Å²) in [6, 6.07) is 3.76. The molecule has 1 aliphatic heterocycles. The van der Waals surface area contributed by atoms with Gasteiger partial charge >= 0.3 is 5.97 Å². The number of amides is 1. The number of nitrogens with one attached hydrogen (secondary N) is 2. The van der Waals surface area contributed by atoms with Gasteiger partial charge in [0.2, 0.25) is 10.0 Å². The summed E-state index contributed by atoms with van der Waals surface area (Å²) in [6.07, 6.45) is 2.09. The van der Waals surface area contributed by atoms with Gasteiger partial charge in [0.15, 0.2) is 11.6 Å². The molecule has 1 amide bonds. The van der Waals surface area contributed by atoms with Crippen molar-refractivity contribution >= 4 is 27.6 Å². The summed E-state index contributed by atoms with van der Waals surface area (Å²) in [5.74, 6) is -0.668. The molecule has 3 unspecified atom stereocenters. The van der Waals surface area contributed by atoms with Gasteiger partial charge in [-0.25, -0.2) is 17.9 Å². The van der Waals surface area contributed by atoms with Crippen LogP contribution in [-0.2, 0) is 29.9 Å². The summed E-state index contributed by atoms with van der Waals surface area (Å²) in [7, 11) is -3.69. The lowest BCUT2D eigenvalue weighted by molar-refractivity contribution is -0.163. The molecule has 4 N–H and O–H groups in total. The van der Waals surface area contributed by atoms with E-state index in [1.807, 2.05) is 6.92 Å². The highest BCUT2D eigenvalue weighted by Gasteiger charge is 2.48. The second kappa shape index (κ2) is 9.13. The maximum Gasteiger partial charge on any atom is 0.332 e. The molecule has 31 heavy (non-hydrogen) atoms. The molecule has 0 bridgehead atoms. The van der Waals surface area contributed by atoms with Gasteiger partial charge in [0.1, 0.15) is 11.4 Å². The van der Waals surface area contributed by atoms with Crippen LogP contribution in [0.3, 0.4) is 0 Å². The molecular formula is C21H33N3O6S. The normalized spacial score (nSPS) is 19.5. The smallest absolute Gasteiger partial charge is 0.332 e. The first-order chi connectivity index (χ1) is 14.2. The molecule has 1 aromatic carbocycles. The van der Waals surface area contributed by atoms with Crippen LogP contribution in [0.4, 0.5) is 5.69 Å². The second-order valence-corrected chi connectivity index (χ2v) is 10.7. The summed E-state index contributed by atoms with van der Waals surface area (Å²) in [5.41, 5.74) is 4.68. The number of benzene rings is 1. The topological polar surface area (TPSA) is 137 Å². The minimum Gasteiger partial charge on any atom is -0.479 e. The van der Waals surface area contributed by atoms with Crippen LogP contribution in [-0.4, -0.2) is 44.3 Å². The number of fused-ring (bicyclic) bond motifs is 1. The molecule has 1 aromatic rings. The Morgan fingerprint density at radius 2 is 2.00 bits per heavy atom. The number of hydrogen-bond donors (Lipinski definition) is 3. The Balaban J connectivity index is 2.62. The van der Waals surface area contributed by atoms with E-state index in [1.165, 1.54) is 6.07 Å². The van der Waals surface area contributed by atoms with E-state index < -0.39 is 39.3 Å². The zero-order chi connectivity index (χ0) is 23.6. The summed E-state index contributed by atoms with van der Waals surface area (Å²) in [5, 5.41) is 2.73. The van der Waals surface area contributed by atoms with Gasteiger partial charge in [0.05, 0.1) is 18.0 Å². The maximum atomic E-state index is 13.4. The Labute approximate surface area is 184 Å². The third kappa shape index (κ3) is 6.18. The minimum atomic E-state index is -3.69. The quantitative estimate of drug-likeness (QED) is 0.510. The molecule has 1 heterocycles. The van der Waals surface area contributed by atoms with E-state index in [1.54, 1.807) is 39.8 Å². The van der Waals surface area contributed by atoms with Gasteiger partial charge in [-0.1, -0.05) is 25.8 Å². The first kappa shape index (κ1) is 25.1. The number of hydrogen-bond acceptors (Lipinski definition) is 7. The number of sulfonamides is 1.